The van der Waals surface area contributed by atoms with Gasteiger partial charge in [-0.1, -0.05) is 32.0 Å². The van der Waals surface area contributed by atoms with E-state index >= 15 is 0 Å². The Morgan fingerprint density at radius 2 is 1.80 bits per heavy atom. The third-order valence-corrected chi connectivity index (χ3v) is 6.61. The molecular formula is C22H27N3O4S. The normalized spacial score (nSPS) is 16.7. The Morgan fingerprint density at radius 3 is 2.47 bits per heavy atom. The summed E-state index contributed by atoms with van der Waals surface area (Å²) < 4.78 is 26.8. The SMILES string of the molecule is CCCNS(=O)(=O)c1ccc(NC(=O)C2CC(=O)N(c3ccccc3CC)C2)cc1. The minimum Gasteiger partial charge on any atom is -0.326 e. The van der Waals surface area contributed by atoms with Crippen molar-refractivity contribution in [2.24, 2.45) is 5.92 Å². The van der Waals surface area contributed by atoms with E-state index in [9.17, 15) is 18.0 Å². The number of aryl methyl sites for hydroxylation is 1. The van der Waals surface area contributed by atoms with Gasteiger partial charge in [0.25, 0.3) is 0 Å². The maximum atomic E-state index is 12.7. The Bertz CT molecular complexity index is 1020. The molecule has 1 aliphatic rings. The van der Waals surface area contributed by atoms with Gasteiger partial charge in [-0.2, -0.15) is 0 Å². The molecule has 1 heterocycles. The van der Waals surface area contributed by atoms with Crippen LogP contribution in [0.1, 0.15) is 32.3 Å². The maximum absolute atomic E-state index is 12.7. The molecule has 2 N–H and O–H groups in total. The van der Waals surface area contributed by atoms with Crippen LogP contribution in [-0.4, -0.2) is 33.3 Å². The highest BCUT2D eigenvalue weighted by atomic mass is 32.2. The zero-order valence-electron chi connectivity index (χ0n) is 17.2. The molecule has 2 aromatic rings. The lowest BCUT2D eigenvalue weighted by Crippen LogP contribution is -2.28. The van der Waals surface area contributed by atoms with Crippen molar-refractivity contribution >= 4 is 33.2 Å². The highest BCUT2D eigenvalue weighted by Crippen LogP contribution is 2.29. The second-order valence-electron chi connectivity index (χ2n) is 7.30. The summed E-state index contributed by atoms with van der Waals surface area (Å²) in [5, 5.41) is 2.79. The standard InChI is InChI=1S/C22H27N3O4S/c1-3-13-23-30(28,29)19-11-9-18(10-12-19)24-22(27)17-14-21(26)25(15-17)20-8-6-5-7-16(20)4-2/h5-12,17,23H,3-4,13-15H2,1-2H3,(H,24,27). The highest BCUT2D eigenvalue weighted by molar-refractivity contribution is 7.89. The van der Waals surface area contributed by atoms with Crippen molar-refractivity contribution in [2.75, 3.05) is 23.3 Å². The smallest absolute Gasteiger partial charge is 0.240 e. The van der Waals surface area contributed by atoms with Gasteiger partial charge in [0.15, 0.2) is 0 Å². The minimum absolute atomic E-state index is 0.0699. The van der Waals surface area contributed by atoms with E-state index in [0.29, 0.717) is 25.2 Å². The molecule has 0 radical (unpaired) electrons. The number of rotatable bonds is 8. The molecule has 3 rings (SSSR count). The van der Waals surface area contributed by atoms with Crippen molar-refractivity contribution in [1.82, 2.24) is 4.72 Å². The van der Waals surface area contributed by atoms with Crippen molar-refractivity contribution in [3.8, 4) is 0 Å². The van der Waals surface area contributed by atoms with Crippen molar-refractivity contribution in [3.63, 3.8) is 0 Å². The Labute approximate surface area is 177 Å². The molecule has 1 atom stereocenters. The summed E-state index contributed by atoms with van der Waals surface area (Å²) in [6.45, 7) is 4.62. The van der Waals surface area contributed by atoms with Crippen LogP contribution in [0.15, 0.2) is 53.4 Å². The van der Waals surface area contributed by atoms with E-state index < -0.39 is 15.9 Å². The third-order valence-electron chi connectivity index (χ3n) is 5.13. The maximum Gasteiger partial charge on any atom is 0.240 e. The summed E-state index contributed by atoms with van der Waals surface area (Å²) in [5.41, 5.74) is 2.42. The number of benzene rings is 2. The number of amides is 2. The second kappa shape index (κ2) is 9.40. The predicted octanol–water partition coefficient (Wildman–Crippen LogP) is 2.93. The van der Waals surface area contributed by atoms with Crippen LogP contribution < -0.4 is 14.9 Å². The lowest BCUT2D eigenvalue weighted by Gasteiger charge is -2.20. The number of nitrogens with one attached hydrogen (secondary N) is 2. The molecule has 7 nitrogen and oxygen atoms in total. The molecule has 0 saturated carbocycles. The number of nitrogens with zero attached hydrogens (tertiary/aromatic N) is 1. The average Bonchev–Trinajstić information content (AvgIpc) is 3.14. The summed E-state index contributed by atoms with van der Waals surface area (Å²) in [6, 6.07) is 13.7. The molecule has 0 bridgehead atoms. The van der Waals surface area contributed by atoms with Crippen LogP contribution in [0.3, 0.4) is 0 Å². The van der Waals surface area contributed by atoms with E-state index in [1.807, 2.05) is 38.1 Å². The molecule has 2 amide bonds. The van der Waals surface area contributed by atoms with Crippen LogP contribution in [-0.2, 0) is 26.0 Å². The fraction of sp³-hybridized carbons (Fsp3) is 0.364. The zero-order valence-corrected chi connectivity index (χ0v) is 18.0. The molecule has 8 heteroatoms. The van der Waals surface area contributed by atoms with Gasteiger partial charge in [-0.15, -0.1) is 0 Å². The Hall–Kier alpha value is -2.71. The van der Waals surface area contributed by atoms with Crippen LogP contribution in [0.25, 0.3) is 0 Å². The van der Waals surface area contributed by atoms with Gasteiger partial charge in [-0.25, -0.2) is 13.1 Å². The first kappa shape index (κ1) is 22.0. The number of hydrogen-bond acceptors (Lipinski definition) is 4. The van der Waals surface area contributed by atoms with Gasteiger partial charge < -0.3 is 10.2 Å². The highest BCUT2D eigenvalue weighted by Gasteiger charge is 2.35. The Morgan fingerprint density at radius 1 is 1.10 bits per heavy atom. The molecule has 1 fully saturated rings. The number of hydrogen-bond donors (Lipinski definition) is 2. The molecule has 160 valence electrons. The summed E-state index contributed by atoms with van der Waals surface area (Å²) >= 11 is 0. The third kappa shape index (κ3) is 4.88. The molecule has 1 saturated heterocycles. The van der Waals surface area contributed by atoms with Gasteiger partial charge in [-0.3, -0.25) is 9.59 Å². The van der Waals surface area contributed by atoms with Crippen LogP contribution in [0.5, 0.6) is 0 Å². The molecule has 0 aromatic heterocycles. The number of sulfonamides is 1. The Balaban J connectivity index is 1.66. The van der Waals surface area contributed by atoms with E-state index in [0.717, 1.165) is 17.7 Å². The fourth-order valence-corrected chi connectivity index (χ4v) is 4.60. The average molecular weight is 430 g/mol. The number of carbonyl (C=O) groups is 2. The molecule has 2 aromatic carbocycles. The number of para-hydroxylation sites is 1. The van der Waals surface area contributed by atoms with E-state index in [1.54, 1.807) is 17.0 Å². The largest absolute Gasteiger partial charge is 0.326 e. The lowest BCUT2D eigenvalue weighted by molar-refractivity contribution is -0.122. The topological polar surface area (TPSA) is 95.6 Å². The predicted molar refractivity (Wildman–Crippen MR) is 117 cm³/mol. The molecule has 0 aliphatic carbocycles. The zero-order chi connectivity index (χ0) is 21.7. The monoisotopic (exact) mass is 429 g/mol. The first-order chi connectivity index (χ1) is 14.4. The summed E-state index contributed by atoms with van der Waals surface area (Å²) in [4.78, 5) is 27.0. The van der Waals surface area contributed by atoms with E-state index in [2.05, 4.69) is 10.0 Å². The van der Waals surface area contributed by atoms with E-state index in [4.69, 9.17) is 0 Å². The van der Waals surface area contributed by atoms with Crippen LogP contribution >= 0.6 is 0 Å². The lowest BCUT2D eigenvalue weighted by atomic mass is 10.1. The van der Waals surface area contributed by atoms with Gasteiger partial charge >= 0.3 is 0 Å². The molecule has 0 spiro atoms. The molecule has 1 unspecified atom stereocenters. The van der Waals surface area contributed by atoms with E-state index in [1.165, 1.54) is 12.1 Å². The molecule has 1 aliphatic heterocycles. The molecule has 30 heavy (non-hydrogen) atoms. The number of carbonyl (C=O) groups excluding carboxylic acids is 2. The van der Waals surface area contributed by atoms with Crippen molar-refractivity contribution < 1.29 is 18.0 Å². The number of anilines is 2. The fourth-order valence-electron chi connectivity index (χ4n) is 3.47. The first-order valence-corrected chi connectivity index (χ1v) is 11.6. The van der Waals surface area contributed by atoms with E-state index in [-0.39, 0.29) is 23.1 Å². The van der Waals surface area contributed by atoms with Gasteiger partial charge in [-0.05, 0) is 48.7 Å². The van der Waals surface area contributed by atoms with Crippen molar-refractivity contribution in [1.29, 1.82) is 0 Å². The first-order valence-electron chi connectivity index (χ1n) is 10.1. The van der Waals surface area contributed by atoms with Crippen LogP contribution in [0.2, 0.25) is 0 Å². The summed E-state index contributed by atoms with van der Waals surface area (Å²) in [5.74, 6) is -0.781. The Kier molecular flexibility index (Phi) is 6.89. The van der Waals surface area contributed by atoms with Gasteiger partial charge in [0, 0.05) is 30.9 Å². The summed E-state index contributed by atoms with van der Waals surface area (Å²) in [6.07, 6.45) is 1.66. The minimum atomic E-state index is -3.55. The second-order valence-corrected chi connectivity index (χ2v) is 9.07. The summed E-state index contributed by atoms with van der Waals surface area (Å²) in [7, 11) is -3.55. The van der Waals surface area contributed by atoms with Crippen molar-refractivity contribution in [3.05, 3.63) is 54.1 Å². The quantitative estimate of drug-likeness (QED) is 0.674. The van der Waals surface area contributed by atoms with Gasteiger partial charge in [0.1, 0.15) is 0 Å². The van der Waals surface area contributed by atoms with Crippen molar-refractivity contribution in [2.45, 2.75) is 38.0 Å². The van der Waals surface area contributed by atoms with Gasteiger partial charge in [0.05, 0.1) is 10.8 Å². The van der Waals surface area contributed by atoms with Crippen LogP contribution in [0, 0.1) is 5.92 Å². The van der Waals surface area contributed by atoms with Gasteiger partial charge in [0.2, 0.25) is 21.8 Å². The molecular weight excluding hydrogens is 402 g/mol. The van der Waals surface area contributed by atoms with Crippen LogP contribution in [0.4, 0.5) is 11.4 Å².